The van der Waals surface area contributed by atoms with Gasteiger partial charge in [-0.2, -0.15) is 0 Å². The first kappa shape index (κ1) is 13.5. The minimum absolute atomic E-state index is 0.636. The van der Waals surface area contributed by atoms with Crippen LogP contribution >= 0.6 is 0 Å². The van der Waals surface area contributed by atoms with Gasteiger partial charge in [0.2, 0.25) is 0 Å². The van der Waals surface area contributed by atoms with Gasteiger partial charge in [0.15, 0.2) is 0 Å². The van der Waals surface area contributed by atoms with E-state index in [1.54, 1.807) is 6.42 Å². The lowest BCUT2D eigenvalue weighted by molar-refractivity contribution is 0.0329. The third-order valence-electron chi connectivity index (χ3n) is 6.56. The zero-order chi connectivity index (χ0) is 13.5. The first-order chi connectivity index (χ1) is 9.81. The Morgan fingerprint density at radius 2 is 1.90 bits per heavy atom. The van der Waals surface area contributed by atoms with Crippen molar-refractivity contribution < 1.29 is 4.74 Å². The molecule has 114 valence electrons. The molecule has 3 saturated carbocycles. The minimum atomic E-state index is 0.636. The Labute approximate surface area is 123 Å². The van der Waals surface area contributed by atoms with Crippen LogP contribution in [0.5, 0.6) is 0 Å². The molecule has 6 unspecified atom stereocenters. The van der Waals surface area contributed by atoms with Crippen LogP contribution in [-0.4, -0.2) is 49.8 Å². The summed E-state index contributed by atoms with van der Waals surface area (Å²) in [4.78, 5) is 2.56. The molecule has 6 atom stereocenters. The van der Waals surface area contributed by atoms with Crippen molar-refractivity contribution in [3.8, 4) is 0 Å². The maximum absolute atomic E-state index is 5.44. The number of rotatable bonds is 4. The largest absolute Gasteiger partial charge is 0.379 e. The minimum Gasteiger partial charge on any atom is -0.379 e. The first-order valence-electron chi connectivity index (χ1n) is 8.87. The lowest BCUT2D eigenvalue weighted by Gasteiger charge is -2.36. The zero-order valence-corrected chi connectivity index (χ0v) is 12.9. The van der Waals surface area contributed by atoms with Gasteiger partial charge >= 0.3 is 0 Å². The Morgan fingerprint density at radius 1 is 1.10 bits per heavy atom. The number of ether oxygens (including phenoxy) is 1. The van der Waals surface area contributed by atoms with Crippen LogP contribution in [0, 0.1) is 23.7 Å². The van der Waals surface area contributed by atoms with Crippen molar-refractivity contribution in [2.75, 3.05) is 32.8 Å². The van der Waals surface area contributed by atoms with Crippen LogP contribution < -0.4 is 5.32 Å². The molecule has 20 heavy (non-hydrogen) atoms. The van der Waals surface area contributed by atoms with E-state index in [1.165, 1.54) is 32.2 Å². The number of morpholine rings is 1. The lowest BCUT2D eigenvalue weighted by atomic mass is 9.79. The first-order valence-corrected chi connectivity index (χ1v) is 8.87. The average molecular weight is 278 g/mol. The van der Waals surface area contributed by atoms with Crippen LogP contribution in [0.4, 0.5) is 0 Å². The van der Waals surface area contributed by atoms with E-state index in [4.69, 9.17) is 4.74 Å². The van der Waals surface area contributed by atoms with Crippen molar-refractivity contribution in [3.05, 3.63) is 0 Å². The Morgan fingerprint density at radius 3 is 2.75 bits per heavy atom. The van der Waals surface area contributed by atoms with Crippen molar-refractivity contribution in [3.63, 3.8) is 0 Å². The number of hydrogen-bond acceptors (Lipinski definition) is 3. The topological polar surface area (TPSA) is 24.5 Å². The molecule has 4 rings (SSSR count). The molecule has 3 aliphatic carbocycles. The summed E-state index contributed by atoms with van der Waals surface area (Å²) in [6, 6.07) is 1.47. The van der Waals surface area contributed by atoms with E-state index in [0.29, 0.717) is 6.04 Å². The van der Waals surface area contributed by atoms with Gasteiger partial charge in [0.05, 0.1) is 13.2 Å². The maximum Gasteiger partial charge on any atom is 0.0594 e. The molecular formula is C17H30N2O. The van der Waals surface area contributed by atoms with Crippen molar-refractivity contribution >= 4 is 0 Å². The molecule has 0 radical (unpaired) electrons. The van der Waals surface area contributed by atoms with Gasteiger partial charge in [0, 0.05) is 31.7 Å². The molecule has 0 aromatic heterocycles. The summed E-state index contributed by atoms with van der Waals surface area (Å²) in [6.07, 6.45) is 7.60. The predicted octanol–water partition coefficient (Wildman–Crippen LogP) is 2.12. The predicted molar refractivity (Wildman–Crippen MR) is 80.7 cm³/mol. The molecule has 0 aromatic carbocycles. The molecule has 0 spiro atoms. The normalized spacial score (nSPS) is 45.8. The number of nitrogens with one attached hydrogen (secondary N) is 1. The third-order valence-corrected chi connectivity index (χ3v) is 6.56. The van der Waals surface area contributed by atoms with E-state index in [9.17, 15) is 0 Å². The molecule has 0 amide bonds. The molecule has 2 bridgehead atoms. The van der Waals surface area contributed by atoms with Gasteiger partial charge in [0.25, 0.3) is 0 Å². The number of fused-ring (bicyclic) bond motifs is 5. The summed E-state index contributed by atoms with van der Waals surface area (Å²) in [5.41, 5.74) is 0. The van der Waals surface area contributed by atoms with Crippen molar-refractivity contribution in [2.45, 2.75) is 51.1 Å². The Bertz CT molecular complexity index is 342. The van der Waals surface area contributed by atoms with Crippen molar-refractivity contribution in [1.29, 1.82) is 0 Å². The Balaban J connectivity index is 1.29. The summed E-state index contributed by atoms with van der Waals surface area (Å²) >= 11 is 0. The zero-order valence-electron chi connectivity index (χ0n) is 12.9. The third kappa shape index (κ3) is 2.42. The van der Waals surface area contributed by atoms with Crippen LogP contribution in [0.1, 0.15) is 39.0 Å². The number of nitrogens with zero attached hydrogens (tertiary/aromatic N) is 1. The summed E-state index contributed by atoms with van der Waals surface area (Å²) in [5.74, 6) is 4.29. The van der Waals surface area contributed by atoms with Gasteiger partial charge in [-0.1, -0.05) is 6.42 Å². The second kappa shape index (κ2) is 5.58. The van der Waals surface area contributed by atoms with Crippen LogP contribution in [-0.2, 0) is 4.74 Å². The molecule has 4 aliphatic rings. The van der Waals surface area contributed by atoms with Crippen LogP contribution in [0.25, 0.3) is 0 Å². The molecule has 1 saturated heterocycles. The van der Waals surface area contributed by atoms with Crippen molar-refractivity contribution in [2.24, 2.45) is 23.7 Å². The summed E-state index contributed by atoms with van der Waals surface area (Å²) < 4.78 is 5.44. The Hall–Kier alpha value is -0.120. The molecule has 3 nitrogen and oxygen atoms in total. The van der Waals surface area contributed by atoms with E-state index in [1.807, 2.05) is 0 Å². The van der Waals surface area contributed by atoms with Gasteiger partial charge < -0.3 is 10.1 Å². The van der Waals surface area contributed by atoms with E-state index >= 15 is 0 Å². The molecular weight excluding hydrogens is 248 g/mol. The highest BCUT2D eigenvalue weighted by atomic mass is 16.5. The van der Waals surface area contributed by atoms with Gasteiger partial charge in [-0.3, -0.25) is 4.90 Å². The van der Waals surface area contributed by atoms with Gasteiger partial charge in [-0.25, -0.2) is 0 Å². The van der Waals surface area contributed by atoms with Gasteiger partial charge in [-0.05, 0) is 56.3 Å². The highest BCUT2D eigenvalue weighted by Crippen LogP contribution is 2.58. The summed E-state index contributed by atoms with van der Waals surface area (Å²) in [5, 5.41) is 3.99. The standard InChI is InChI=1S/C17H30N2O/c1-12(11-19-5-7-20-8-6-19)18-17-10-13-9-16(17)15-4-2-3-14(13)15/h12-18H,2-11H2,1H3. The molecule has 0 aromatic rings. The van der Waals surface area contributed by atoms with Crippen molar-refractivity contribution in [1.82, 2.24) is 10.2 Å². The molecule has 1 N–H and O–H groups in total. The second-order valence-electron chi connectivity index (χ2n) is 7.74. The van der Waals surface area contributed by atoms with E-state index in [-0.39, 0.29) is 0 Å². The van der Waals surface area contributed by atoms with Crippen LogP contribution in [0.2, 0.25) is 0 Å². The highest BCUT2D eigenvalue weighted by molar-refractivity contribution is 5.05. The fourth-order valence-electron chi connectivity index (χ4n) is 5.85. The fraction of sp³-hybridized carbons (Fsp3) is 1.00. The van der Waals surface area contributed by atoms with Gasteiger partial charge in [0.1, 0.15) is 0 Å². The highest BCUT2D eigenvalue weighted by Gasteiger charge is 2.53. The van der Waals surface area contributed by atoms with E-state index < -0.39 is 0 Å². The van der Waals surface area contributed by atoms with E-state index in [2.05, 4.69) is 17.1 Å². The van der Waals surface area contributed by atoms with Crippen LogP contribution in [0.15, 0.2) is 0 Å². The quantitative estimate of drug-likeness (QED) is 0.852. The molecule has 1 heterocycles. The van der Waals surface area contributed by atoms with Crippen LogP contribution in [0.3, 0.4) is 0 Å². The molecule has 4 fully saturated rings. The smallest absolute Gasteiger partial charge is 0.0594 e. The fourth-order valence-corrected chi connectivity index (χ4v) is 5.85. The average Bonchev–Trinajstić information content (AvgIpc) is 3.11. The SMILES string of the molecule is CC(CN1CCOCC1)NC1CC2CC1C1CCCC21. The van der Waals surface area contributed by atoms with E-state index in [0.717, 1.165) is 56.0 Å². The van der Waals surface area contributed by atoms with Gasteiger partial charge in [-0.15, -0.1) is 0 Å². The Kier molecular flexibility index (Phi) is 3.78. The summed E-state index contributed by atoms with van der Waals surface area (Å²) in [7, 11) is 0. The molecule has 3 heteroatoms. The monoisotopic (exact) mass is 278 g/mol. The number of hydrogen-bond donors (Lipinski definition) is 1. The summed E-state index contributed by atoms with van der Waals surface area (Å²) in [6.45, 7) is 7.66. The second-order valence-corrected chi connectivity index (χ2v) is 7.74. The lowest BCUT2D eigenvalue weighted by Crippen LogP contribution is -2.49. The molecule has 1 aliphatic heterocycles. The maximum atomic E-state index is 5.44.